The minimum Gasteiger partial charge on any atom is -0.492 e. The van der Waals surface area contributed by atoms with E-state index in [0.717, 1.165) is 16.9 Å². The molecule has 0 spiro atoms. The van der Waals surface area contributed by atoms with Crippen molar-refractivity contribution >= 4 is 9.84 Å². The van der Waals surface area contributed by atoms with Gasteiger partial charge in [-0.25, -0.2) is 8.42 Å². The van der Waals surface area contributed by atoms with E-state index in [1.54, 1.807) is 20.8 Å². The topological polar surface area (TPSA) is 69.4 Å². The predicted octanol–water partition coefficient (Wildman–Crippen LogP) is 2.48. The Morgan fingerprint density at radius 3 is 2.43 bits per heavy atom. The van der Waals surface area contributed by atoms with E-state index in [2.05, 4.69) is 0 Å². The summed E-state index contributed by atoms with van der Waals surface area (Å²) < 4.78 is 29.1. The molecule has 5 heteroatoms. The van der Waals surface area contributed by atoms with Crippen LogP contribution in [0.1, 0.15) is 38.8 Å². The second kappa shape index (κ2) is 6.79. The Labute approximate surface area is 128 Å². The number of ether oxygens (including phenoxy) is 1. The molecule has 1 rings (SSSR count). The van der Waals surface area contributed by atoms with Gasteiger partial charge in [-0.1, -0.05) is 17.7 Å². The number of sulfone groups is 1. The minimum absolute atomic E-state index is 0.0159. The van der Waals surface area contributed by atoms with Gasteiger partial charge in [-0.3, -0.25) is 0 Å². The predicted molar refractivity (Wildman–Crippen MR) is 87.6 cm³/mol. The number of hydrogen-bond donors (Lipinski definition) is 1. The number of benzene rings is 1. The van der Waals surface area contributed by atoms with Gasteiger partial charge < -0.3 is 10.5 Å². The lowest BCUT2D eigenvalue weighted by molar-refractivity contribution is 0.335. The van der Waals surface area contributed by atoms with Crippen LogP contribution in [0.15, 0.2) is 18.2 Å². The maximum atomic E-state index is 12.1. The van der Waals surface area contributed by atoms with Gasteiger partial charge in [0.25, 0.3) is 0 Å². The largest absolute Gasteiger partial charge is 0.492 e. The number of aryl methyl sites for hydroxylation is 1. The molecule has 1 atom stereocenters. The lowest BCUT2D eigenvalue weighted by atomic mass is 10.0. The molecule has 0 aliphatic heterocycles. The fourth-order valence-electron chi connectivity index (χ4n) is 1.92. The third kappa shape index (κ3) is 5.32. The van der Waals surface area contributed by atoms with E-state index in [0.29, 0.717) is 6.42 Å². The molecule has 21 heavy (non-hydrogen) atoms. The van der Waals surface area contributed by atoms with Crippen molar-refractivity contribution in [3.05, 3.63) is 29.3 Å². The molecule has 0 aromatic heterocycles. The summed E-state index contributed by atoms with van der Waals surface area (Å²) in [4.78, 5) is 0. The Bertz CT molecular complexity index is 572. The molecule has 120 valence electrons. The molecule has 4 nitrogen and oxygen atoms in total. The van der Waals surface area contributed by atoms with E-state index in [-0.39, 0.29) is 18.4 Å². The molecule has 0 radical (unpaired) electrons. The molecule has 0 aliphatic rings. The van der Waals surface area contributed by atoms with Crippen molar-refractivity contribution in [2.75, 3.05) is 12.4 Å². The van der Waals surface area contributed by atoms with Crippen molar-refractivity contribution in [3.8, 4) is 5.75 Å². The fourth-order valence-corrected chi connectivity index (χ4v) is 2.84. The maximum absolute atomic E-state index is 12.1. The number of nitrogens with two attached hydrogens (primary N) is 1. The first kappa shape index (κ1) is 18.0. The van der Waals surface area contributed by atoms with Gasteiger partial charge in [0.05, 0.1) is 10.5 Å². The van der Waals surface area contributed by atoms with Crippen molar-refractivity contribution in [1.29, 1.82) is 0 Å². The highest BCUT2D eigenvalue weighted by molar-refractivity contribution is 7.92. The second-order valence-electron chi connectivity index (χ2n) is 6.57. The van der Waals surface area contributed by atoms with Crippen LogP contribution in [0.3, 0.4) is 0 Å². The van der Waals surface area contributed by atoms with Gasteiger partial charge in [0.15, 0.2) is 9.84 Å². The highest BCUT2D eigenvalue weighted by Gasteiger charge is 2.28. The lowest BCUT2D eigenvalue weighted by Crippen LogP contribution is -2.32. The summed E-state index contributed by atoms with van der Waals surface area (Å²) in [5.41, 5.74) is 8.01. The molecule has 1 aromatic carbocycles. The summed E-state index contributed by atoms with van der Waals surface area (Å²) in [7, 11) is -3.16. The average Bonchev–Trinajstić information content (AvgIpc) is 2.29. The molecule has 0 aliphatic carbocycles. The summed E-state index contributed by atoms with van der Waals surface area (Å²) in [5, 5.41) is 0. The van der Waals surface area contributed by atoms with E-state index in [1.165, 1.54) is 0 Å². The van der Waals surface area contributed by atoms with Gasteiger partial charge >= 0.3 is 0 Å². The number of rotatable bonds is 6. The molecular weight excluding hydrogens is 286 g/mol. The third-order valence-corrected chi connectivity index (χ3v) is 5.87. The van der Waals surface area contributed by atoms with Crippen molar-refractivity contribution in [2.24, 2.45) is 5.73 Å². The van der Waals surface area contributed by atoms with Crippen LogP contribution in [0, 0.1) is 6.92 Å². The van der Waals surface area contributed by atoms with E-state index in [9.17, 15) is 8.42 Å². The lowest BCUT2D eigenvalue weighted by Gasteiger charge is -2.20. The SMILES string of the molecule is Cc1ccc(OCCS(=O)(=O)C(C)(C)C)c(CC(C)N)c1. The van der Waals surface area contributed by atoms with Gasteiger partial charge in [-0.05, 0) is 52.7 Å². The molecule has 2 N–H and O–H groups in total. The first-order chi connectivity index (χ1) is 9.53. The summed E-state index contributed by atoms with van der Waals surface area (Å²) in [6, 6.07) is 5.92. The Morgan fingerprint density at radius 2 is 1.90 bits per heavy atom. The molecular formula is C16H27NO3S. The van der Waals surface area contributed by atoms with Gasteiger partial charge in [-0.15, -0.1) is 0 Å². The molecule has 0 bridgehead atoms. The standard InChI is InChI=1S/C16H27NO3S/c1-12-6-7-15(14(10-12)11-13(2)17)20-8-9-21(18,19)16(3,4)5/h6-7,10,13H,8-9,11,17H2,1-5H3. The molecule has 1 unspecified atom stereocenters. The smallest absolute Gasteiger partial charge is 0.158 e. The highest BCUT2D eigenvalue weighted by atomic mass is 32.2. The summed E-state index contributed by atoms with van der Waals surface area (Å²) in [6.45, 7) is 9.23. The molecule has 0 fully saturated rings. The zero-order valence-corrected chi connectivity index (χ0v) is 14.5. The van der Waals surface area contributed by atoms with Crippen molar-refractivity contribution < 1.29 is 13.2 Å². The quantitative estimate of drug-likeness (QED) is 0.876. The highest BCUT2D eigenvalue weighted by Crippen LogP contribution is 2.22. The van der Waals surface area contributed by atoms with Crippen LogP contribution < -0.4 is 10.5 Å². The third-order valence-electron chi connectivity index (χ3n) is 3.30. The fraction of sp³-hybridized carbons (Fsp3) is 0.625. The van der Waals surface area contributed by atoms with Crippen LogP contribution in [0.25, 0.3) is 0 Å². The maximum Gasteiger partial charge on any atom is 0.158 e. The van der Waals surface area contributed by atoms with Crippen LogP contribution in [0.2, 0.25) is 0 Å². The first-order valence-electron chi connectivity index (χ1n) is 7.23. The molecule has 0 saturated carbocycles. The van der Waals surface area contributed by atoms with Crippen molar-refractivity contribution in [3.63, 3.8) is 0 Å². The van der Waals surface area contributed by atoms with Crippen LogP contribution in [-0.2, 0) is 16.3 Å². The molecule has 0 saturated heterocycles. The van der Waals surface area contributed by atoms with Crippen LogP contribution in [0.4, 0.5) is 0 Å². The zero-order chi connectivity index (χ0) is 16.3. The van der Waals surface area contributed by atoms with Crippen LogP contribution >= 0.6 is 0 Å². The van der Waals surface area contributed by atoms with Crippen LogP contribution in [-0.4, -0.2) is 31.6 Å². The van der Waals surface area contributed by atoms with Crippen molar-refractivity contribution in [1.82, 2.24) is 0 Å². The van der Waals surface area contributed by atoms with Gasteiger partial charge in [0.1, 0.15) is 12.4 Å². The Hall–Kier alpha value is -1.07. The second-order valence-corrected chi connectivity index (χ2v) is 9.43. The summed E-state index contributed by atoms with van der Waals surface area (Å²) in [6.07, 6.45) is 0.711. The molecule has 1 aromatic rings. The Morgan fingerprint density at radius 1 is 1.29 bits per heavy atom. The van der Waals surface area contributed by atoms with E-state index < -0.39 is 14.6 Å². The Kier molecular flexibility index (Phi) is 5.82. The monoisotopic (exact) mass is 313 g/mol. The average molecular weight is 313 g/mol. The van der Waals surface area contributed by atoms with Gasteiger partial charge in [-0.2, -0.15) is 0 Å². The summed E-state index contributed by atoms with van der Waals surface area (Å²) in [5.74, 6) is 0.740. The Balaban J connectivity index is 2.76. The van der Waals surface area contributed by atoms with E-state index >= 15 is 0 Å². The summed E-state index contributed by atoms with van der Waals surface area (Å²) >= 11 is 0. The number of hydrogen-bond acceptors (Lipinski definition) is 4. The normalized spacial score (nSPS) is 14.0. The zero-order valence-electron chi connectivity index (χ0n) is 13.6. The van der Waals surface area contributed by atoms with E-state index in [4.69, 9.17) is 10.5 Å². The van der Waals surface area contributed by atoms with Crippen molar-refractivity contribution in [2.45, 2.75) is 51.8 Å². The minimum atomic E-state index is -3.16. The van der Waals surface area contributed by atoms with Crippen LogP contribution in [0.5, 0.6) is 5.75 Å². The first-order valence-corrected chi connectivity index (χ1v) is 8.88. The van der Waals surface area contributed by atoms with E-state index in [1.807, 2.05) is 32.0 Å². The molecule has 0 heterocycles. The van der Waals surface area contributed by atoms with Gasteiger partial charge in [0.2, 0.25) is 0 Å². The van der Waals surface area contributed by atoms with Gasteiger partial charge in [0, 0.05) is 6.04 Å². The molecule has 0 amide bonds.